The number of nitrogens with two attached hydrogens (primary N) is 1. The highest BCUT2D eigenvalue weighted by Crippen LogP contribution is 2.16. The van der Waals surface area contributed by atoms with Gasteiger partial charge < -0.3 is 10.6 Å². The Morgan fingerprint density at radius 3 is 2.86 bits per heavy atom. The van der Waals surface area contributed by atoms with Gasteiger partial charge in [-0.1, -0.05) is 0 Å². The highest BCUT2D eigenvalue weighted by molar-refractivity contribution is 7.98. The summed E-state index contributed by atoms with van der Waals surface area (Å²) in [5.41, 5.74) is 7.55. The first kappa shape index (κ1) is 11.2. The Hall–Kier alpha value is -0.900. The molecule has 0 fully saturated rings. The maximum Gasteiger partial charge on any atom is 0.128 e. The van der Waals surface area contributed by atoms with Gasteiger partial charge in [-0.25, -0.2) is 4.98 Å². The maximum atomic E-state index is 5.70. The van der Waals surface area contributed by atoms with E-state index >= 15 is 0 Å². The summed E-state index contributed by atoms with van der Waals surface area (Å²) >= 11 is 1.84. The number of aromatic nitrogens is 1. The lowest BCUT2D eigenvalue weighted by Gasteiger charge is -2.18. The van der Waals surface area contributed by atoms with Crippen molar-refractivity contribution in [3.05, 3.63) is 17.8 Å². The SMILES string of the molecule is CSCCN(C)c1cc(C)c(N)cn1. The average Bonchev–Trinajstić information content (AvgIpc) is 2.18. The van der Waals surface area contributed by atoms with Crippen molar-refractivity contribution in [2.24, 2.45) is 0 Å². The Morgan fingerprint density at radius 1 is 1.57 bits per heavy atom. The summed E-state index contributed by atoms with van der Waals surface area (Å²) < 4.78 is 0. The minimum atomic E-state index is 0.756. The molecule has 14 heavy (non-hydrogen) atoms. The van der Waals surface area contributed by atoms with E-state index in [4.69, 9.17) is 5.73 Å². The van der Waals surface area contributed by atoms with Crippen LogP contribution in [0.2, 0.25) is 0 Å². The summed E-state index contributed by atoms with van der Waals surface area (Å²) in [4.78, 5) is 6.43. The lowest BCUT2D eigenvalue weighted by atomic mass is 10.2. The Labute approximate surface area is 89.7 Å². The molecule has 2 N–H and O–H groups in total. The second-order valence-electron chi connectivity index (χ2n) is 3.31. The number of pyridine rings is 1. The number of hydrogen-bond donors (Lipinski definition) is 1. The fourth-order valence-corrected chi connectivity index (χ4v) is 1.56. The number of thioether (sulfide) groups is 1. The third-order valence-corrected chi connectivity index (χ3v) is 2.75. The van der Waals surface area contributed by atoms with Crippen LogP contribution in [0.4, 0.5) is 11.5 Å². The molecule has 0 aromatic carbocycles. The van der Waals surface area contributed by atoms with E-state index in [0.29, 0.717) is 0 Å². The monoisotopic (exact) mass is 211 g/mol. The van der Waals surface area contributed by atoms with Crippen molar-refractivity contribution in [3.8, 4) is 0 Å². The Balaban J connectivity index is 2.70. The van der Waals surface area contributed by atoms with E-state index in [1.54, 1.807) is 6.20 Å². The Morgan fingerprint density at radius 2 is 2.29 bits per heavy atom. The van der Waals surface area contributed by atoms with Gasteiger partial charge in [0.25, 0.3) is 0 Å². The summed E-state index contributed by atoms with van der Waals surface area (Å²) in [5.74, 6) is 2.10. The molecular weight excluding hydrogens is 194 g/mol. The third-order valence-electron chi connectivity index (χ3n) is 2.16. The topological polar surface area (TPSA) is 42.1 Å². The first-order valence-electron chi connectivity index (χ1n) is 4.57. The van der Waals surface area contributed by atoms with Crippen LogP contribution in [0.1, 0.15) is 5.56 Å². The Bertz CT molecular complexity index is 301. The summed E-state index contributed by atoms with van der Waals surface area (Å²) in [6.45, 7) is 3.01. The molecule has 0 radical (unpaired) electrons. The molecule has 0 aliphatic carbocycles. The Kier molecular flexibility index (Phi) is 4.07. The molecule has 1 rings (SSSR count). The highest BCUT2D eigenvalue weighted by atomic mass is 32.2. The van der Waals surface area contributed by atoms with Crippen molar-refractivity contribution in [2.45, 2.75) is 6.92 Å². The average molecular weight is 211 g/mol. The number of hydrogen-bond acceptors (Lipinski definition) is 4. The molecule has 0 bridgehead atoms. The van der Waals surface area contributed by atoms with E-state index in [9.17, 15) is 0 Å². The van der Waals surface area contributed by atoms with Crippen LogP contribution in [0, 0.1) is 6.92 Å². The first-order chi connectivity index (χ1) is 6.65. The number of nitrogens with zero attached hydrogens (tertiary/aromatic N) is 2. The second kappa shape index (κ2) is 5.10. The van der Waals surface area contributed by atoms with Gasteiger partial charge in [0.15, 0.2) is 0 Å². The minimum absolute atomic E-state index is 0.756. The summed E-state index contributed by atoms with van der Waals surface area (Å²) in [5, 5.41) is 0. The van der Waals surface area contributed by atoms with Crippen LogP contribution in [0.15, 0.2) is 12.3 Å². The molecule has 0 saturated heterocycles. The molecule has 0 unspecified atom stereocenters. The summed E-state index contributed by atoms with van der Waals surface area (Å²) in [6, 6.07) is 2.02. The highest BCUT2D eigenvalue weighted by Gasteiger charge is 2.03. The molecule has 0 atom stereocenters. The van der Waals surface area contributed by atoms with Crippen molar-refractivity contribution in [1.29, 1.82) is 0 Å². The molecule has 3 nitrogen and oxygen atoms in total. The number of nitrogen functional groups attached to an aromatic ring is 1. The van der Waals surface area contributed by atoms with Crippen LogP contribution in [-0.4, -0.2) is 30.6 Å². The van der Waals surface area contributed by atoms with E-state index in [1.165, 1.54) is 0 Å². The van der Waals surface area contributed by atoms with Crippen molar-refractivity contribution in [2.75, 3.05) is 36.2 Å². The molecule has 0 aliphatic heterocycles. The molecule has 1 heterocycles. The van der Waals surface area contributed by atoms with E-state index in [0.717, 1.165) is 29.4 Å². The second-order valence-corrected chi connectivity index (χ2v) is 4.30. The van der Waals surface area contributed by atoms with Crippen LogP contribution in [0.5, 0.6) is 0 Å². The van der Waals surface area contributed by atoms with Gasteiger partial charge >= 0.3 is 0 Å². The maximum absolute atomic E-state index is 5.70. The van der Waals surface area contributed by atoms with Crippen molar-refractivity contribution in [3.63, 3.8) is 0 Å². The molecule has 4 heteroatoms. The van der Waals surface area contributed by atoms with Crippen LogP contribution < -0.4 is 10.6 Å². The van der Waals surface area contributed by atoms with Crippen LogP contribution >= 0.6 is 11.8 Å². The van der Waals surface area contributed by atoms with Crippen molar-refractivity contribution < 1.29 is 0 Å². The van der Waals surface area contributed by atoms with Gasteiger partial charge in [0.05, 0.1) is 11.9 Å². The zero-order chi connectivity index (χ0) is 10.6. The number of aryl methyl sites for hydroxylation is 1. The normalized spacial score (nSPS) is 10.2. The molecule has 0 spiro atoms. The minimum Gasteiger partial charge on any atom is -0.397 e. The van der Waals surface area contributed by atoms with Gasteiger partial charge in [-0.15, -0.1) is 0 Å². The summed E-state index contributed by atoms with van der Waals surface area (Å²) in [7, 11) is 2.05. The lowest BCUT2D eigenvalue weighted by Crippen LogP contribution is -2.21. The van der Waals surface area contributed by atoms with E-state index in [1.807, 2.05) is 31.8 Å². The van der Waals surface area contributed by atoms with Crippen molar-refractivity contribution in [1.82, 2.24) is 4.98 Å². The van der Waals surface area contributed by atoms with Crippen molar-refractivity contribution >= 4 is 23.3 Å². The van der Waals surface area contributed by atoms with Gasteiger partial charge in [-0.2, -0.15) is 11.8 Å². The quantitative estimate of drug-likeness (QED) is 0.824. The predicted molar refractivity (Wildman–Crippen MR) is 65.0 cm³/mol. The van der Waals surface area contributed by atoms with Gasteiger partial charge in [0.2, 0.25) is 0 Å². The van der Waals surface area contributed by atoms with Gasteiger partial charge in [-0.05, 0) is 24.8 Å². The molecule has 1 aromatic heterocycles. The standard InChI is InChI=1S/C10H17N3S/c1-8-6-10(12-7-9(8)11)13(2)4-5-14-3/h6-7H,4-5,11H2,1-3H3. The molecule has 78 valence electrons. The fraction of sp³-hybridized carbons (Fsp3) is 0.500. The predicted octanol–water partition coefficient (Wildman–Crippen LogP) is 1.77. The fourth-order valence-electron chi connectivity index (χ4n) is 1.10. The van der Waals surface area contributed by atoms with E-state index in [2.05, 4.69) is 16.1 Å². The van der Waals surface area contributed by atoms with Gasteiger partial charge in [0.1, 0.15) is 5.82 Å². The zero-order valence-electron chi connectivity index (χ0n) is 8.95. The molecular formula is C10H17N3S. The largest absolute Gasteiger partial charge is 0.397 e. The first-order valence-corrected chi connectivity index (χ1v) is 5.96. The number of rotatable bonds is 4. The molecule has 1 aromatic rings. The lowest BCUT2D eigenvalue weighted by molar-refractivity contribution is 0.945. The van der Waals surface area contributed by atoms with Gasteiger partial charge in [-0.3, -0.25) is 0 Å². The summed E-state index contributed by atoms with van der Waals surface area (Å²) in [6.07, 6.45) is 3.83. The number of anilines is 2. The van der Waals surface area contributed by atoms with Crippen LogP contribution in [-0.2, 0) is 0 Å². The van der Waals surface area contributed by atoms with E-state index in [-0.39, 0.29) is 0 Å². The molecule has 0 amide bonds. The smallest absolute Gasteiger partial charge is 0.128 e. The van der Waals surface area contributed by atoms with E-state index < -0.39 is 0 Å². The van der Waals surface area contributed by atoms with Gasteiger partial charge in [0, 0.05) is 19.3 Å². The van der Waals surface area contributed by atoms with Crippen LogP contribution in [0.25, 0.3) is 0 Å². The third kappa shape index (κ3) is 2.80. The van der Waals surface area contributed by atoms with Crippen LogP contribution in [0.3, 0.4) is 0 Å². The molecule has 0 aliphatic rings. The zero-order valence-corrected chi connectivity index (χ0v) is 9.77. The molecule has 0 saturated carbocycles.